The largest absolute Gasteiger partial charge is 0.487 e. The Bertz CT molecular complexity index is 489. The van der Waals surface area contributed by atoms with Gasteiger partial charge >= 0.3 is 0 Å². The van der Waals surface area contributed by atoms with Crippen LogP contribution in [0.5, 0.6) is 5.75 Å². The summed E-state index contributed by atoms with van der Waals surface area (Å²) in [5.41, 5.74) is 1.94. The summed E-state index contributed by atoms with van der Waals surface area (Å²) in [7, 11) is 0. The average molecular weight is 246 g/mol. The molecule has 4 heteroatoms. The monoisotopic (exact) mass is 246 g/mol. The molecular weight excluding hydrogens is 228 g/mol. The minimum atomic E-state index is -0.444. The van der Waals surface area contributed by atoms with Crippen LogP contribution in [-0.2, 0) is 13.2 Å². The van der Waals surface area contributed by atoms with Gasteiger partial charge < -0.3 is 14.4 Å². The fourth-order valence-electron chi connectivity index (χ4n) is 1.75. The summed E-state index contributed by atoms with van der Waals surface area (Å²) >= 11 is 0. The molecule has 2 aromatic rings. The highest BCUT2D eigenvalue weighted by molar-refractivity contribution is 5.28. The summed E-state index contributed by atoms with van der Waals surface area (Å²) in [4.78, 5) is 4.09. The van der Waals surface area contributed by atoms with E-state index in [0.29, 0.717) is 6.61 Å². The van der Waals surface area contributed by atoms with Gasteiger partial charge in [-0.1, -0.05) is 12.1 Å². The quantitative estimate of drug-likeness (QED) is 0.882. The fraction of sp³-hybridized carbons (Fsp3) is 0.357. The van der Waals surface area contributed by atoms with Gasteiger partial charge in [-0.3, -0.25) is 0 Å². The van der Waals surface area contributed by atoms with Crippen molar-refractivity contribution in [3.05, 3.63) is 48.0 Å². The molecule has 0 bridgehead atoms. The number of benzene rings is 1. The van der Waals surface area contributed by atoms with E-state index in [1.165, 1.54) is 0 Å². The summed E-state index contributed by atoms with van der Waals surface area (Å²) in [5.74, 6) is 0.795. The van der Waals surface area contributed by atoms with Crippen LogP contribution in [-0.4, -0.2) is 14.7 Å². The van der Waals surface area contributed by atoms with Crippen molar-refractivity contribution in [3.63, 3.8) is 0 Å². The van der Waals surface area contributed by atoms with Crippen molar-refractivity contribution in [2.75, 3.05) is 0 Å². The highest BCUT2D eigenvalue weighted by Gasteiger charge is 2.03. The van der Waals surface area contributed by atoms with Crippen molar-refractivity contribution < 1.29 is 9.84 Å². The number of imidazole rings is 1. The highest BCUT2D eigenvalue weighted by atomic mass is 16.5. The van der Waals surface area contributed by atoms with Gasteiger partial charge in [0.2, 0.25) is 0 Å². The molecule has 0 spiro atoms. The van der Waals surface area contributed by atoms with Crippen LogP contribution in [0.3, 0.4) is 0 Å². The van der Waals surface area contributed by atoms with E-state index in [9.17, 15) is 5.11 Å². The predicted molar refractivity (Wildman–Crippen MR) is 69.3 cm³/mol. The summed E-state index contributed by atoms with van der Waals surface area (Å²) in [6.07, 6.45) is 3.17. The molecule has 1 N–H and O–H groups in total. The lowest BCUT2D eigenvalue weighted by atomic mass is 10.1. The van der Waals surface area contributed by atoms with Crippen LogP contribution in [0, 0.1) is 0 Å². The molecule has 0 saturated carbocycles. The molecule has 4 nitrogen and oxygen atoms in total. The minimum Gasteiger partial charge on any atom is -0.487 e. The van der Waals surface area contributed by atoms with Crippen LogP contribution in [0.2, 0.25) is 0 Å². The molecule has 18 heavy (non-hydrogen) atoms. The predicted octanol–water partition coefficient (Wildman–Crippen LogP) is 2.54. The molecule has 0 aliphatic rings. The number of aliphatic hydroxyl groups excluding tert-OH is 1. The molecule has 0 amide bonds. The Hall–Kier alpha value is -1.81. The first-order chi connectivity index (χ1) is 8.70. The first-order valence-corrected chi connectivity index (χ1v) is 6.10. The lowest BCUT2D eigenvalue weighted by molar-refractivity contribution is 0.199. The lowest BCUT2D eigenvalue weighted by Crippen LogP contribution is -2.03. The highest BCUT2D eigenvalue weighted by Crippen LogP contribution is 2.18. The van der Waals surface area contributed by atoms with Gasteiger partial charge in [0.1, 0.15) is 12.4 Å². The Balaban J connectivity index is 1.98. The zero-order chi connectivity index (χ0) is 13.0. The number of hydrogen-bond acceptors (Lipinski definition) is 3. The second-order valence-electron chi connectivity index (χ2n) is 4.20. The molecule has 2 rings (SSSR count). The molecule has 1 heterocycles. The molecule has 0 saturated heterocycles. The Kier molecular flexibility index (Phi) is 3.99. The summed E-state index contributed by atoms with van der Waals surface area (Å²) in [5, 5.41) is 9.41. The third-order valence-corrected chi connectivity index (χ3v) is 2.89. The lowest BCUT2D eigenvalue weighted by Gasteiger charge is -2.09. The van der Waals surface area contributed by atoms with Gasteiger partial charge in [0.25, 0.3) is 0 Å². The zero-order valence-corrected chi connectivity index (χ0v) is 10.7. The summed E-state index contributed by atoms with van der Waals surface area (Å²) < 4.78 is 7.73. The van der Waals surface area contributed by atoms with E-state index in [4.69, 9.17) is 4.74 Å². The standard InChI is InChI=1S/C14H18N2O2/c1-3-16-10-15-8-13(16)9-18-14-6-4-12(5-7-14)11(2)17/h4-8,10-11,17H,3,9H2,1-2H3/t11-/m0/s1. The average Bonchev–Trinajstić information content (AvgIpc) is 2.84. The molecule has 1 aromatic carbocycles. The molecule has 0 aliphatic carbocycles. The van der Waals surface area contributed by atoms with Crippen LogP contribution < -0.4 is 4.74 Å². The second-order valence-corrected chi connectivity index (χ2v) is 4.20. The van der Waals surface area contributed by atoms with E-state index < -0.39 is 6.10 Å². The van der Waals surface area contributed by atoms with Crippen molar-refractivity contribution in [3.8, 4) is 5.75 Å². The number of rotatable bonds is 5. The topological polar surface area (TPSA) is 47.3 Å². The number of hydrogen-bond donors (Lipinski definition) is 1. The van der Waals surface area contributed by atoms with Crippen molar-refractivity contribution in [1.29, 1.82) is 0 Å². The van der Waals surface area contributed by atoms with E-state index in [1.807, 2.05) is 35.0 Å². The smallest absolute Gasteiger partial charge is 0.130 e. The number of aromatic nitrogens is 2. The Morgan fingerprint density at radius 2 is 2.06 bits per heavy atom. The third kappa shape index (κ3) is 2.90. The Labute approximate surface area is 107 Å². The molecule has 96 valence electrons. The maximum absolute atomic E-state index is 9.41. The van der Waals surface area contributed by atoms with Gasteiger partial charge in [0, 0.05) is 6.54 Å². The molecular formula is C14H18N2O2. The van der Waals surface area contributed by atoms with Crippen LogP contribution in [0.15, 0.2) is 36.8 Å². The molecule has 0 radical (unpaired) electrons. The fourth-order valence-corrected chi connectivity index (χ4v) is 1.75. The number of ether oxygens (including phenoxy) is 1. The first kappa shape index (κ1) is 12.6. The van der Waals surface area contributed by atoms with Crippen molar-refractivity contribution >= 4 is 0 Å². The Morgan fingerprint density at radius 3 is 2.67 bits per heavy atom. The van der Waals surface area contributed by atoms with Crippen LogP contribution >= 0.6 is 0 Å². The second kappa shape index (κ2) is 5.69. The number of aryl methyl sites for hydroxylation is 1. The minimum absolute atomic E-state index is 0.444. The third-order valence-electron chi connectivity index (χ3n) is 2.89. The molecule has 0 unspecified atom stereocenters. The molecule has 0 aliphatic heterocycles. The maximum atomic E-state index is 9.41. The van der Waals surface area contributed by atoms with E-state index in [1.54, 1.807) is 13.3 Å². The Morgan fingerprint density at radius 1 is 1.33 bits per heavy atom. The summed E-state index contributed by atoms with van der Waals surface area (Å²) in [6, 6.07) is 7.48. The molecule has 1 aromatic heterocycles. The van der Waals surface area contributed by atoms with E-state index in [2.05, 4.69) is 11.9 Å². The van der Waals surface area contributed by atoms with E-state index in [0.717, 1.165) is 23.6 Å². The van der Waals surface area contributed by atoms with Crippen LogP contribution in [0.25, 0.3) is 0 Å². The van der Waals surface area contributed by atoms with Crippen LogP contribution in [0.4, 0.5) is 0 Å². The molecule has 0 fully saturated rings. The van der Waals surface area contributed by atoms with Crippen LogP contribution in [0.1, 0.15) is 31.2 Å². The summed E-state index contributed by atoms with van der Waals surface area (Å²) in [6.45, 7) is 5.21. The normalized spacial score (nSPS) is 12.4. The van der Waals surface area contributed by atoms with Gasteiger partial charge in [0.15, 0.2) is 0 Å². The van der Waals surface area contributed by atoms with Gasteiger partial charge in [-0.15, -0.1) is 0 Å². The molecule has 1 atom stereocenters. The van der Waals surface area contributed by atoms with Crippen molar-refractivity contribution in [2.45, 2.75) is 33.1 Å². The maximum Gasteiger partial charge on any atom is 0.130 e. The van der Waals surface area contributed by atoms with Gasteiger partial charge in [-0.25, -0.2) is 4.98 Å². The van der Waals surface area contributed by atoms with Gasteiger partial charge in [-0.05, 0) is 31.5 Å². The van der Waals surface area contributed by atoms with Crippen molar-refractivity contribution in [1.82, 2.24) is 9.55 Å². The number of aliphatic hydroxyl groups is 1. The van der Waals surface area contributed by atoms with Gasteiger partial charge in [-0.2, -0.15) is 0 Å². The SMILES string of the molecule is CCn1cncc1COc1ccc([C@H](C)O)cc1. The van der Waals surface area contributed by atoms with E-state index >= 15 is 0 Å². The van der Waals surface area contributed by atoms with Crippen molar-refractivity contribution in [2.24, 2.45) is 0 Å². The first-order valence-electron chi connectivity index (χ1n) is 6.10. The number of nitrogens with zero attached hydrogens (tertiary/aromatic N) is 2. The zero-order valence-electron chi connectivity index (χ0n) is 10.7. The van der Waals surface area contributed by atoms with Gasteiger partial charge in [0.05, 0.1) is 24.3 Å². The van der Waals surface area contributed by atoms with E-state index in [-0.39, 0.29) is 0 Å².